The molecule has 0 atom stereocenters. The number of rotatable bonds is 5. The van der Waals surface area contributed by atoms with Crippen molar-refractivity contribution in [3.05, 3.63) is 0 Å². The fourth-order valence-corrected chi connectivity index (χ4v) is 2.52. The first kappa shape index (κ1) is 16.9. The third-order valence-corrected chi connectivity index (χ3v) is 4.14. The van der Waals surface area contributed by atoms with Crippen LogP contribution in [0.4, 0.5) is 4.39 Å². The van der Waals surface area contributed by atoms with Crippen molar-refractivity contribution in [2.75, 3.05) is 26.2 Å². The van der Waals surface area contributed by atoms with Crippen molar-refractivity contribution >= 4 is 0 Å². The summed E-state index contributed by atoms with van der Waals surface area (Å²) in [6.45, 7) is 13.7. The molecule has 0 radical (unpaired) electrons. The molecule has 2 aliphatic rings. The Morgan fingerprint density at radius 1 is 1.11 bits per heavy atom. The molecule has 0 aromatic heterocycles. The standard InChI is InChI=1S/C14H26FNO.C2H6/c1-12(2)17-11-14(4-5-14)10-16-8-6-13(3,15)7-9-16;1-2/h12H,4-11H2,1-3H3;1-2H3. The molecule has 2 fully saturated rings. The Balaban J connectivity index is 0.000000861. The Kier molecular flexibility index (Phi) is 6.25. The van der Waals surface area contributed by atoms with E-state index in [0.717, 1.165) is 26.2 Å². The molecule has 0 amide bonds. The highest BCUT2D eigenvalue weighted by atomic mass is 19.1. The van der Waals surface area contributed by atoms with Gasteiger partial charge < -0.3 is 9.64 Å². The van der Waals surface area contributed by atoms with Crippen molar-refractivity contribution in [2.45, 2.75) is 72.1 Å². The number of hydrogen-bond acceptors (Lipinski definition) is 2. The lowest BCUT2D eigenvalue weighted by atomic mass is 9.94. The van der Waals surface area contributed by atoms with E-state index < -0.39 is 5.67 Å². The normalized spacial score (nSPS) is 24.8. The van der Waals surface area contributed by atoms with Gasteiger partial charge in [0.05, 0.1) is 12.7 Å². The second-order valence-corrected chi connectivity index (χ2v) is 6.55. The number of piperidine rings is 1. The van der Waals surface area contributed by atoms with Crippen LogP contribution in [-0.4, -0.2) is 42.9 Å². The molecular formula is C16H32FNO. The second-order valence-electron chi connectivity index (χ2n) is 6.55. The van der Waals surface area contributed by atoms with Crippen LogP contribution in [0.1, 0.15) is 60.3 Å². The Labute approximate surface area is 118 Å². The first-order valence-electron chi connectivity index (χ1n) is 7.94. The van der Waals surface area contributed by atoms with E-state index in [0.29, 0.717) is 24.4 Å². The molecule has 19 heavy (non-hydrogen) atoms. The van der Waals surface area contributed by atoms with E-state index in [9.17, 15) is 4.39 Å². The van der Waals surface area contributed by atoms with E-state index in [-0.39, 0.29) is 0 Å². The van der Waals surface area contributed by atoms with Gasteiger partial charge in [0.15, 0.2) is 0 Å². The Bertz CT molecular complexity index is 251. The van der Waals surface area contributed by atoms with Gasteiger partial charge >= 0.3 is 0 Å². The third kappa shape index (κ3) is 5.78. The van der Waals surface area contributed by atoms with Gasteiger partial charge in [0.2, 0.25) is 0 Å². The van der Waals surface area contributed by atoms with Crippen LogP contribution in [0, 0.1) is 5.41 Å². The molecule has 0 spiro atoms. The van der Waals surface area contributed by atoms with Crippen molar-refractivity contribution in [3.8, 4) is 0 Å². The fraction of sp³-hybridized carbons (Fsp3) is 1.00. The van der Waals surface area contributed by atoms with Gasteiger partial charge in [-0.1, -0.05) is 13.8 Å². The average Bonchev–Trinajstić information content (AvgIpc) is 3.13. The zero-order chi connectivity index (χ0) is 14.5. The predicted octanol–water partition coefficient (Wildman–Crippen LogP) is 4.04. The Morgan fingerprint density at radius 2 is 1.63 bits per heavy atom. The summed E-state index contributed by atoms with van der Waals surface area (Å²) in [6.07, 6.45) is 4.26. The Morgan fingerprint density at radius 3 is 2.05 bits per heavy atom. The van der Waals surface area contributed by atoms with Crippen molar-refractivity contribution in [1.82, 2.24) is 4.90 Å². The van der Waals surface area contributed by atoms with Gasteiger partial charge in [-0.25, -0.2) is 4.39 Å². The van der Waals surface area contributed by atoms with E-state index in [2.05, 4.69) is 18.7 Å². The van der Waals surface area contributed by atoms with E-state index >= 15 is 0 Å². The molecule has 0 aromatic rings. The fourth-order valence-electron chi connectivity index (χ4n) is 2.52. The lowest BCUT2D eigenvalue weighted by molar-refractivity contribution is 0.0155. The van der Waals surface area contributed by atoms with Crippen LogP contribution in [0.2, 0.25) is 0 Å². The smallest absolute Gasteiger partial charge is 0.110 e. The summed E-state index contributed by atoms with van der Waals surface area (Å²) in [5, 5.41) is 0. The van der Waals surface area contributed by atoms with E-state index in [1.165, 1.54) is 12.8 Å². The van der Waals surface area contributed by atoms with E-state index in [1.54, 1.807) is 6.92 Å². The van der Waals surface area contributed by atoms with Crippen LogP contribution >= 0.6 is 0 Å². The summed E-state index contributed by atoms with van der Waals surface area (Å²) >= 11 is 0. The summed E-state index contributed by atoms with van der Waals surface area (Å²) in [5.74, 6) is 0. The molecule has 1 saturated carbocycles. The van der Waals surface area contributed by atoms with Gasteiger partial charge in [-0.05, 0) is 46.5 Å². The van der Waals surface area contributed by atoms with Crippen molar-refractivity contribution in [2.24, 2.45) is 5.41 Å². The summed E-state index contributed by atoms with van der Waals surface area (Å²) in [5.41, 5.74) is -0.532. The van der Waals surface area contributed by atoms with Crippen molar-refractivity contribution in [3.63, 3.8) is 0 Å². The summed E-state index contributed by atoms with van der Waals surface area (Å²) < 4.78 is 19.4. The van der Waals surface area contributed by atoms with Gasteiger partial charge in [-0.3, -0.25) is 0 Å². The number of hydrogen-bond donors (Lipinski definition) is 0. The molecule has 3 heteroatoms. The van der Waals surface area contributed by atoms with Crippen LogP contribution in [-0.2, 0) is 4.74 Å². The van der Waals surface area contributed by atoms with E-state index in [4.69, 9.17) is 4.74 Å². The molecule has 2 rings (SSSR count). The van der Waals surface area contributed by atoms with Crippen LogP contribution in [0.15, 0.2) is 0 Å². The number of nitrogens with zero attached hydrogens (tertiary/aromatic N) is 1. The average molecular weight is 273 g/mol. The van der Waals surface area contributed by atoms with Crippen LogP contribution in [0.5, 0.6) is 0 Å². The zero-order valence-corrected chi connectivity index (χ0v) is 13.5. The van der Waals surface area contributed by atoms with Gasteiger partial charge in [-0.15, -0.1) is 0 Å². The van der Waals surface area contributed by atoms with Gasteiger partial charge in [-0.2, -0.15) is 0 Å². The first-order valence-corrected chi connectivity index (χ1v) is 7.94. The maximum Gasteiger partial charge on any atom is 0.110 e. The Hall–Kier alpha value is -0.150. The highest BCUT2D eigenvalue weighted by Gasteiger charge is 2.45. The van der Waals surface area contributed by atoms with Crippen molar-refractivity contribution in [1.29, 1.82) is 0 Å². The minimum Gasteiger partial charge on any atom is -0.378 e. The molecule has 0 aromatic carbocycles. The monoisotopic (exact) mass is 273 g/mol. The largest absolute Gasteiger partial charge is 0.378 e. The quantitative estimate of drug-likeness (QED) is 0.749. The lowest BCUT2D eigenvalue weighted by Crippen LogP contribution is -2.43. The molecular weight excluding hydrogens is 241 g/mol. The maximum atomic E-state index is 13.7. The molecule has 114 valence electrons. The lowest BCUT2D eigenvalue weighted by Gasteiger charge is -2.36. The highest BCUT2D eigenvalue weighted by Crippen LogP contribution is 2.47. The van der Waals surface area contributed by atoms with Gasteiger partial charge in [0.1, 0.15) is 5.67 Å². The molecule has 1 heterocycles. The molecule has 2 nitrogen and oxygen atoms in total. The summed E-state index contributed by atoms with van der Waals surface area (Å²) in [6, 6.07) is 0. The molecule has 1 saturated heterocycles. The third-order valence-electron chi connectivity index (χ3n) is 4.14. The molecule has 0 N–H and O–H groups in total. The van der Waals surface area contributed by atoms with Crippen molar-refractivity contribution < 1.29 is 9.13 Å². The summed E-state index contributed by atoms with van der Waals surface area (Å²) in [7, 11) is 0. The molecule has 1 aliphatic carbocycles. The van der Waals surface area contributed by atoms with Crippen LogP contribution in [0.3, 0.4) is 0 Å². The second kappa shape index (κ2) is 7.03. The number of likely N-dealkylation sites (tertiary alicyclic amines) is 1. The minimum atomic E-state index is -0.929. The number of alkyl halides is 1. The highest BCUT2D eigenvalue weighted by molar-refractivity contribution is 4.97. The summed E-state index contributed by atoms with van der Waals surface area (Å²) in [4.78, 5) is 2.43. The number of ether oxygens (including phenoxy) is 1. The topological polar surface area (TPSA) is 12.5 Å². The molecule has 1 aliphatic heterocycles. The van der Waals surface area contributed by atoms with Gasteiger partial charge in [0, 0.05) is 25.0 Å². The molecule has 0 bridgehead atoms. The van der Waals surface area contributed by atoms with E-state index in [1.807, 2.05) is 13.8 Å². The predicted molar refractivity (Wildman–Crippen MR) is 79.3 cm³/mol. The van der Waals surface area contributed by atoms with Crippen LogP contribution < -0.4 is 0 Å². The first-order chi connectivity index (χ1) is 8.91. The maximum absolute atomic E-state index is 13.7. The minimum absolute atomic E-state index is 0.322. The zero-order valence-electron chi connectivity index (χ0n) is 13.5. The molecule has 0 unspecified atom stereocenters. The number of halogens is 1. The van der Waals surface area contributed by atoms with Crippen LogP contribution in [0.25, 0.3) is 0 Å². The van der Waals surface area contributed by atoms with Gasteiger partial charge in [0.25, 0.3) is 0 Å². The SMILES string of the molecule is CC.CC(C)OCC1(CN2CCC(C)(F)CC2)CC1.